The lowest BCUT2D eigenvalue weighted by Gasteiger charge is -2.32. The van der Waals surface area contributed by atoms with E-state index in [9.17, 15) is 0 Å². The molecule has 0 spiro atoms. The Labute approximate surface area is 129 Å². The zero-order valence-corrected chi connectivity index (χ0v) is 16.6. The summed E-state index contributed by atoms with van der Waals surface area (Å²) in [6.07, 6.45) is 0. The Balaban J connectivity index is 3.16. The molecule has 0 aliphatic heterocycles. The molecule has 20 heavy (non-hydrogen) atoms. The largest absolute Gasteiger partial charge is 0.0859 e. The van der Waals surface area contributed by atoms with Crippen molar-refractivity contribution in [3.05, 3.63) is 24.3 Å². The van der Waals surface area contributed by atoms with Gasteiger partial charge in [-0.05, 0) is 0 Å². The third-order valence-electron chi connectivity index (χ3n) is 6.17. The van der Waals surface area contributed by atoms with E-state index in [1.165, 1.54) is 36.3 Å². The van der Waals surface area contributed by atoms with Gasteiger partial charge in [0.05, 0.1) is 16.1 Å². The monoisotopic (exact) mass is 306 g/mol. The Bertz CT molecular complexity index is 331. The van der Waals surface area contributed by atoms with Gasteiger partial charge in [0.2, 0.25) is 0 Å². The lowest BCUT2D eigenvalue weighted by atomic mass is 10.4. The van der Waals surface area contributed by atoms with E-state index in [1.54, 1.807) is 10.4 Å². The van der Waals surface area contributed by atoms with Gasteiger partial charge in [-0.15, -0.1) is 0 Å². The normalized spacial score (nSPS) is 12.7. The van der Waals surface area contributed by atoms with Crippen LogP contribution in [0.2, 0.25) is 36.3 Å². The van der Waals surface area contributed by atoms with E-state index < -0.39 is 16.1 Å². The van der Waals surface area contributed by atoms with Gasteiger partial charge in [-0.1, -0.05) is 112 Å². The third kappa shape index (κ3) is 3.11. The van der Waals surface area contributed by atoms with Crippen LogP contribution in [0.1, 0.15) is 41.5 Å². The summed E-state index contributed by atoms with van der Waals surface area (Å²) in [6, 6.07) is 18.3. The van der Waals surface area contributed by atoms with Gasteiger partial charge in [0.25, 0.3) is 0 Å². The predicted octanol–water partition coefficient (Wildman–Crippen LogP) is 5.12. The minimum Gasteiger partial charge on any atom is -0.0675 e. The van der Waals surface area contributed by atoms with Crippen molar-refractivity contribution in [2.75, 3.05) is 0 Å². The summed E-state index contributed by atoms with van der Waals surface area (Å²) in [7, 11) is -2.38. The van der Waals surface area contributed by atoms with Crippen molar-refractivity contribution in [1.82, 2.24) is 0 Å². The summed E-state index contributed by atoms with van der Waals surface area (Å²) < 4.78 is 0. The molecule has 0 aromatic heterocycles. The first-order chi connectivity index (χ1) is 9.57. The smallest absolute Gasteiger partial charge is 0.0675 e. The van der Waals surface area contributed by atoms with Gasteiger partial charge in [-0.25, -0.2) is 0 Å². The highest BCUT2D eigenvalue weighted by Crippen LogP contribution is 2.22. The summed E-state index contributed by atoms with van der Waals surface area (Å²) in [4.78, 5) is 0. The summed E-state index contributed by atoms with van der Waals surface area (Å²) >= 11 is 0. The number of hydrogen-bond acceptors (Lipinski definition) is 0. The maximum atomic E-state index is 2.50. The van der Waals surface area contributed by atoms with Crippen molar-refractivity contribution in [2.45, 2.75) is 77.8 Å². The highest BCUT2D eigenvalue weighted by molar-refractivity contribution is 6.93. The number of hydrogen-bond donors (Lipinski definition) is 0. The molecule has 0 saturated heterocycles. The topological polar surface area (TPSA) is 0 Å². The Morgan fingerprint density at radius 3 is 0.850 bits per heavy atom. The average Bonchev–Trinajstić information content (AvgIpc) is 2.53. The first-order valence-corrected chi connectivity index (χ1v) is 13.9. The van der Waals surface area contributed by atoms with Crippen LogP contribution in [0, 0.1) is 0 Å². The molecule has 0 atom stereocenters. The molecule has 0 unspecified atom stereocenters. The molecule has 0 saturated carbocycles. The molecule has 0 nitrogen and oxygen atoms in total. The van der Waals surface area contributed by atoms with Crippen LogP contribution in [0.3, 0.4) is 0 Å². The molecule has 2 heteroatoms. The van der Waals surface area contributed by atoms with Crippen LogP contribution in [0.25, 0.3) is 0 Å². The standard InChI is InChI=1S/C18H34Si2/c1-7-19(8-2,9-3)17-13-15-18(16-14-17)20(10-4,11-5)12-6/h13-16H,7-12H2,1-6H3. The molecule has 0 N–H and O–H groups in total. The summed E-state index contributed by atoms with van der Waals surface area (Å²) in [5, 5.41) is 3.39. The predicted molar refractivity (Wildman–Crippen MR) is 100 cm³/mol. The van der Waals surface area contributed by atoms with E-state index in [0.717, 1.165) is 0 Å². The minimum atomic E-state index is -1.19. The molecule has 0 heterocycles. The van der Waals surface area contributed by atoms with Crippen molar-refractivity contribution < 1.29 is 0 Å². The molecule has 0 bridgehead atoms. The number of rotatable bonds is 8. The van der Waals surface area contributed by atoms with E-state index in [0.29, 0.717) is 0 Å². The molecule has 114 valence electrons. The van der Waals surface area contributed by atoms with Crippen LogP contribution in [0.4, 0.5) is 0 Å². The van der Waals surface area contributed by atoms with Crippen LogP contribution in [0.15, 0.2) is 24.3 Å². The minimum absolute atomic E-state index is 1.19. The van der Waals surface area contributed by atoms with Crippen molar-refractivity contribution in [3.63, 3.8) is 0 Å². The van der Waals surface area contributed by atoms with Crippen LogP contribution in [-0.2, 0) is 0 Å². The second-order valence-corrected chi connectivity index (χ2v) is 16.8. The van der Waals surface area contributed by atoms with E-state index in [2.05, 4.69) is 65.8 Å². The van der Waals surface area contributed by atoms with E-state index in [1.807, 2.05) is 0 Å². The molecule has 0 aliphatic carbocycles. The quantitative estimate of drug-likeness (QED) is 0.585. The molecule has 0 fully saturated rings. The highest BCUT2D eigenvalue weighted by atomic mass is 28.3. The SMILES string of the molecule is CC[Si](CC)(CC)c1ccc([Si](CC)(CC)CC)cc1. The van der Waals surface area contributed by atoms with E-state index in [-0.39, 0.29) is 0 Å². The maximum Gasteiger partial charge on any atom is 0.0859 e. The van der Waals surface area contributed by atoms with Crippen LogP contribution < -0.4 is 10.4 Å². The van der Waals surface area contributed by atoms with Gasteiger partial charge in [0.1, 0.15) is 0 Å². The molecular formula is C18H34Si2. The van der Waals surface area contributed by atoms with Crippen molar-refractivity contribution in [2.24, 2.45) is 0 Å². The molecule has 0 radical (unpaired) electrons. The summed E-state index contributed by atoms with van der Waals surface area (Å²) in [5.41, 5.74) is 0. The Hall–Kier alpha value is -0.346. The van der Waals surface area contributed by atoms with Crippen molar-refractivity contribution in [1.29, 1.82) is 0 Å². The summed E-state index contributed by atoms with van der Waals surface area (Å²) in [6.45, 7) is 14.4. The van der Waals surface area contributed by atoms with Crippen molar-refractivity contribution in [3.8, 4) is 0 Å². The van der Waals surface area contributed by atoms with Crippen LogP contribution in [-0.4, -0.2) is 16.1 Å². The summed E-state index contributed by atoms with van der Waals surface area (Å²) in [5.74, 6) is 0. The van der Waals surface area contributed by atoms with Crippen molar-refractivity contribution >= 4 is 26.5 Å². The first kappa shape index (κ1) is 17.7. The number of benzene rings is 1. The molecule has 1 aromatic carbocycles. The molecule has 0 amide bonds. The highest BCUT2D eigenvalue weighted by Gasteiger charge is 2.31. The van der Waals surface area contributed by atoms with Gasteiger partial charge >= 0.3 is 0 Å². The zero-order chi connectivity index (χ0) is 15.2. The third-order valence-corrected chi connectivity index (χ3v) is 17.4. The van der Waals surface area contributed by atoms with Gasteiger partial charge in [0.15, 0.2) is 0 Å². The van der Waals surface area contributed by atoms with Crippen LogP contribution in [0.5, 0.6) is 0 Å². The average molecular weight is 307 g/mol. The van der Waals surface area contributed by atoms with Gasteiger partial charge in [-0.3, -0.25) is 0 Å². The fourth-order valence-corrected chi connectivity index (χ4v) is 11.1. The Morgan fingerprint density at radius 2 is 0.700 bits per heavy atom. The molecule has 1 aromatic rings. The molecule has 1 rings (SSSR count). The van der Waals surface area contributed by atoms with E-state index in [4.69, 9.17) is 0 Å². The Kier molecular flexibility index (Phi) is 6.73. The Morgan fingerprint density at radius 1 is 0.500 bits per heavy atom. The fourth-order valence-electron chi connectivity index (χ4n) is 3.90. The zero-order valence-electron chi connectivity index (χ0n) is 14.6. The second kappa shape index (κ2) is 7.60. The fraction of sp³-hybridized carbons (Fsp3) is 0.667. The van der Waals surface area contributed by atoms with E-state index >= 15 is 0 Å². The maximum absolute atomic E-state index is 2.50. The molecule has 0 aliphatic rings. The van der Waals surface area contributed by atoms with Gasteiger partial charge < -0.3 is 0 Å². The molecular weight excluding hydrogens is 272 g/mol. The first-order valence-electron chi connectivity index (χ1n) is 8.69. The lowest BCUT2D eigenvalue weighted by molar-refractivity contribution is 1.19. The lowest BCUT2D eigenvalue weighted by Crippen LogP contribution is -2.49. The van der Waals surface area contributed by atoms with Gasteiger partial charge in [0, 0.05) is 0 Å². The van der Waals surface area contributed by atoms with Crippen LogP contribution >= 0.6 is 0 Å². The van der Waals surface area contributed by atoms with Gasteiger partial charge in [-0.2, -0.15) is 0 Å². The second-order valence-electron chi connectivity index (χ2n) is 6.26.